The van der Waals surface area contributed by atoms with E-state index in [1.54, 1.807) is 0 Å². The van der Waals surface area contributed by atoms with Gasteiger partial charge < -0.3 is 19.8 Å². The molecule has 80 valence electrons. The molecule has 0 aromatic rings. The van der Waals surface area contributed by atoms with Crippen LogP contribution in [0.25, 0.3) is 0 Å². The Morgan fingerprint density at radius 3 is 2.64 bits per heavy atom. The first-order valence-electron chi connectivity index (χ1n) is 4.14. The van der Waals surface area contributed by atoms with Gasteiger partial charge in [0.05, 0.1) is 13.7 Å². The largest absolute Gasteiger partial charge is 0.467 e. The van der Waals surface area contributed by atoms with Gasteiger partial charge in [0.15, 0.2) is 5.54 Å². The number of nitrogens with zero attached hydrogens (tertiary/aromatic N) is 1. The van der Waals surface area contributed by atoms with Crippen LogP contribution in [0.4, 0.5) is 0 Å². The molecule has 14 heavy (non-hydrogen) atoms. The number of carbonyl (C=O) groups excluding carboxylic acids is 2. The molecule has 0 aliphatic carbocycles. The van der Waals surface area contributed by atoms with E-state index in [4.69, 9.17) is 5.11 Å². The molecule has 0 aromatic heterocycles. The van der Waals surface area contributed by atoms with Gasteiger partial charge in [0.25, 0.3) is 5.91 Å². The highest BCUT2D eigenvalue weighted by Crippen LogP contribution is 2.29. The lowest BCUT2D eigenvalue weighted by Crippen LogP contribution is -2.53. The Labute approximate surface area is 81.1 Å². The highest BCUT2D eigenvalue weighted by Gasteiger charge is 2.54. The second-order valence-electron chi connectivity index (χ2n) is 3.30. The number of likely N-dealkylation sites (tertiary alicyclic amines) is 1. The lowest BCUT2D eigenvalue weighted by molar-refractivity contribution is -0.158. The van der Waals surface area contributed by atoms with E-state index in [1.165, 1.54) is 14.2 Å². The van der Waals surface area contributed by atoms with Gasteiger partial charge in [-0.05, 0) is 0 Å². The summed E-state index contributed by atoms with van der Waals surface area (Å²) < 4.78 is 4.49. The first kappa shape index (κ1) is 10.9. The summed E-state index contributed by atoms with van der Waals surface area (Å²) in [6, 6.07) is 0. The van der Waals surface area contributed by atoms with Crippen molar-refractivity contribution < 1.29 is 24.5 Å². The van der Waals surface area contributed by atoms with Gasteiger partial charge in [-0.3, -0.25) is 4.79 Å². The molecule has 1 rings (SSSR count). The van der Waals surface area contributed by atoms with Gasteiger partial charge in [-0.1, -0.05) is 0 Å². The summed E-state index contributed by atoms with van der Waals surface area (Å²) in [7, 11) is 2.52. The average molecular weight is 203 g/mol. The topological polar surface area (TPSA) is 87.1 Å². The minimum Gasteiger partial charge on any atom is -0.467 e. The molecule has 6 nitrogen and oxygen atoms in total. The van der Waals surface area contributed by atoms with Crippen molar-refractivity contribution >= 4 is 11.9 Å². The summed E-state index contributed by atoms with van der Waals surface area (Å²) in [5, 5.41) is 18.4. The van der Waals surface area contributed by atoms with Gasteiger partial charge in [0.1, 0.15) is 6.10 Å². The molecular weight excluding hydrogens is 190 g/mol. The number of ether oxygens (including phenoxy) is 1. The van der Waals surface area contributed by atoms with Crippen molar-refractivity contribution in [3.63, 3.8) is 0 Å². The van der Waals surface area contributed by atoms with Crippen LogP contribution >= 0.6 is 0 Å². The van der Waals surface area contributed by atoms with Gasteiger partial charge in [-0.25, -0.2) is 4.79 Å². The fraction of sp³-hybridized carbons (Fsp3) is 0.750. The smallest absolute Gasteiger partial charge is 0.334 e. The summed E-state index contributed by atoms with van der Waals surface area (Å²) in [6.45, 7) is -0.557. The number of carbonyl (C=O) groups is 2. The number of amides is 1. The third kappa shape index (κ3) is 1.27. The average Bonchev–Trinajstić information content (AvgIpc) is 2.42. The number of aliphatic hydroxyl groups excluding tert-OH is 2. The number of aliphatic hydroxyl groups is 2. The predicted molar refractivity (Wildman–Crippen MR) is 45.2 cm³/mol. The number of rotatable bonds is 2. The van der Waals surface area contributed by atoms with Gasteiger partial charge >= 0.3 is 5.97 Å². The van der Waals surface area contributed by atoms with Gasteiger partial charge in [0, 0.05) is 13.5 Å². The van der Waals surface area contributed by atoms with Crippen molar-refractivity contribution in [1.29, 1.82) is 0 Å². The van der Waals surface area contributed by atoms with Crippen LogP contribution in [0.3, 0.4) is 0 Å². The van der Waals surface area contributed by atoms with Crippen LogP contribution in [0.2, 0.25) is 0 Å². The van der Waals surface area contributed by atoms with Gasteiger partial charge in [-0.15, -0.1) is 0 Å². The standard InChI is InChI=1S/C8H13NO5/c1-9-6(12)5(11)3-8(9,4-10)7(13)14-2/h5,10-11H,3-4H2,1-2H3/t5-,8-/m0/s1. The van der Waals surface area contributed by atoms with E-state index < -0.39 is 30.1 Å². The Balaban J connectivity index is 3.02. The zero-order valence-electron chi connectivity index (χ0n) is 8.06. The molecule has 0 aromatic carbocycles. The maximum atomic E-state index is 11.4. The quantitative estimate of drug-likeness (QED) is 0.512. The highest BCUT2D eigenvalue weighted by molar-refractivity contribution is 5.94. The molecule has 0 radical (unpaired) electrons. The fourth-order valence-corrected chi connectivity index (χ4v) is 1.62. The molecule has 1 fully saturated rings. The van der Waals surface area contributed by atoms with Crippen LogP contribution in [0, 0.1) is 0 Å². The van der Waals surface area contributed by atoms with Crippen molar-refractivity contribution in [3.8, 4) is 0 Å². The molecule has 1 heterocycles. The number of esters is 1. The maximum Gasteiger partial charge on any atom is 0.334 e. The second-order valence-corrected chi connectivity index (χ2v) is 3.30. The number of likely N-dealkylation sites (N-methyl/N-ethyl adjacent to an activating group) is 1. The second kappa shape index (κ2) is 3.55. The zero-order valence-corrected chi connectivity index (χ0v) is 8.06. The Morgan fingerprint density at radius 2 is 2.36 bits per heavy atom. The van der Waals surface area contributed by atoms with Crippen LogP contribution < -0.4 is 0 Å². The van der Waals surface area contributed by atoms with E-state index in [1.807, 2.05) is 0 Å². The van der Waals surface area contributed by atoms with Gasteiger partial charge in [-0.2, -0.15) is 0 Å². The van der Waals surface area contributed by atoms with Crippen molar-refractivity contribution in [2.45, 2.75) is 18.1 Å². The maximum absolute atomic E-state index is 11.4. The summed E-state index contributed by atoms with van der Waals surface area (Å²) >= 11 is 0. The monoisotopic (exact) mass is 203 g/mol. The van der Waals surface area contributed by atoms with Gasteiger partial charge in [0.2, 0.25) is 0 Å². The molecule has 1 aliphatic heterocycles. The number of methoxy groups -OCH3 is 1. The molecule has 6 heteroatoms. The van der Waals surface area contributed by atoms with E-state index >= 15 is 0 Å². The molecule has 1 amide bonds. The van der Waals surface area contributed by atoms with Crippen LogP contribution in [0.1, 0.15) is 6.42 Å². The summed E-state index contributed by atoms with van der Waals surface area (Å²) in [4.78, 5) is 23.7. The molecule has 0 saturated carbocycles. The summed E-state index contributed by atoms with van der Waals surface area (Å²) in [6.07, 6.45) is -1.38. The van der Waals surface area contributed by atoms with E-state index in [-0.39, 0.29) is 6.42 Å². The van der Waals surface area contributed by atoms with E-state index in [0.29, 0.717) is 0 Å². The van der Waals surface area contributed by atoms with E-state index in [0.717, 1.165) is 4.90 Å². The molecule has 2 atom stereocenters. The van der Waals surface area contributed by atoms with Crippen LogP contribution in [0.15, 0.2) is 0 Å². The van der Waals surface area contributed by atoms with Crippen LogP contribution in [-0.4, -0.2) is 59.4 Å². The highest BCUT2D eigenvalue weighted by atomic mass is 16.5. The molecule has 2 N–H and O–H groups in total. The van der Waals surface area contributed by atoms with Crippen LogP contribution in [0.5, 0.6) is 0 Å². The lowest BCUT2D eigenvalue weighted by atomic mass is 9.97. The molecule has 0 unspecified atom stereocenters. The van der Waals surface area contributed by atoms with Crippen molar-refractivity contribution in [2.75, 3.05) is 20.8 Å². The Bertz CT molecular complexity index is 266. The fourth-order valence-electron chi connectivity index (χ4n) is 1.62. The predicted octanol–water partition coefficient (Wildman–Crippen LogP) is -1.89. The Morgan fingerprint density at radius 1 is 1.79 bits per heavy atom. The third-order valence-corrected chi connectivity index (χ3v) is 2.62. The van der Waals surface area contributed by atoms with E-state index in [9.17, 15) is 14.7 Å². The SMILES string of the molecule is COC(=O)[C@@]1(CO)C[C@H](O)C(=O)N1C. The normalized spacial score (nSPS) is 32.1. The molecule has 1 saturated heterocycles. The van der Waals surface area contributed by atoms with Crippen molar-refractivity contribution in [1.82, 2.24) is 4.90 Å². The molecular formula is C8H13NO5. The molecule has 0 spiro atoms. The molecule has 1 aliphatic rings. The zero-order chi connectivity index (χ0) is 10.9. The molecule has 0 bridgehead atoms. The Kier molecular flexibility index (Phi) is 2.77. The van der Waals surface area contributed by atoms with Crippen molar-refractivity contribution in [3.05, 3.63) is 0 Å². The number of hydrogen-bond acceptors (Lipinski definition) is 5. The summed E-state index contributed by atoms with van der Waals surface area (Å²) in [5.74, 6) is -1.29. The first-order valence-corrected chi connectivity index (χ1v) is 4.14. The number of hydrogen-bond donors (Lipinski definition) is 2. The van der Waals surface area contributed by atoms with Crippen LogP contribution in [-0.2, 0) is 14.3 Å². The van der Waals surface area contributed by atoms with Crippen molar-refractivity contribution in [2.24, 2.45) is 0 Å². The minimum atomic E-state index is -1.43. The summed E-state index contributed by atoms with van der Waals surface area (Å²) in [5.41, 5.74) is -1.43. The first-order chi connectivity index (χ1) is 6.49. The van der Waals surface area contributed by atoms with E-state index in [2.05, 4.69) is 4.74 Å². The Hall–Kier alpha value is -1.14. The lowest BCUT2D eigenvalue weighted by Gasteiger charge is -2.30. The minimum absolute atomic E-state index is 0.133. The third-order valence-electron chi connectivity index (χ3n) is 2.62.